The zero-order chi connectivity index (χ0) is 12.3. The number of piperidine rings is 1. The number of hydrogen-bond acceptors (Lipinski definition) is 4. The molecule has 2 rings (SSSR count). The monoisotopic (exact) mass is 238 g/mol. The molecule has 2 heterocycles. The van der Waals surface area contributed by atoms with Crippen LogP contribution in [0.2, 0.25) is 0 Å². The van der Waals surface area contributed by atoms with Crippen molar-refractivity contribution in [1.82, 2.24) is 15.1 Å². The van der Waals surface area contributed by atoms with Crippen molar-refractivity contribution in [2.75, 3.05) is 32.5 Å². The number of carbonyl (C=O) groups is 1. The van der Waals surface area contributed by atoms with Crippen LogP contribution in [0.15, 0.2) is 6.07 Å². The summed E-state index contributed by atoms with van der Waals surface area (Å²) in [7, 11) is 1.69. The number of likely N-dealkylation sites (tertiary alicyclic amines) is 1. The topological polar surface area (TPSA) is 84.2 Å². The van der Waals surface area contributed by atoms with Crippen molar-refractivity contribution < 1.29 is 9.53 Å². The van der Waals surface area contributed by atoms with Gasteiger partial charge in [0, 0.05) is 26.3 Å². The molecule has 1 aliphatic rings. The van der Waals surface area contributed by atoms with Crippen LogP contribution >= 0.6 is 0 Å². The molecule has 0 spiro atoms. The Labute approximate surface area is 100 Å². The molecular formula is C11H18N4O2. The van der Waals surface area contributed by atoms with E-state index in [-0.39, 0.29) is 5.91 Å². The molecule has 1 fully saturated rings. The van der Waals surface area contributed by atoms with Crippen molar-refractivity contribution >= 4 is 11.7 Å². The molecule has 0 aromatic carbocycles. The number of hydrogen-bond donors (Lipinski definition) is 2. The van der Waals surface area contributed by atoms with E-state index in [2.05, 4.69) is 10.2 Å². The zero-order valence-electron chi connectivity index (χ0n) is 9.98. The quantitative estimate of drug-likeness (QED) is 0.802. The second kappa shape index (κ2) is 5.18. The Morgan fingerprint density at radius 3 is 3.24 bits per heavy atom. The molecule has 1 saturated heterocycles. The third-order valence-corrected chi connectivity index (χ3v) is 3.04. The van der Waals surface area contributed by atoms with Crippen LogP contribution in [0.4, 0.5) is 5.82 Å². The summed E-state index contributed by atoms with van der Waals surface area (Å²) in [6.45, 7) is 2.23. The van der Waals surface area contributed by atoms with E-state index in [9.17, 15) is 4.79 Å². The standard InChI is InChI=1S/C11H18N4O2/c1-17-7-8-3-2-4-15(6-8)11(16)9-5-10(12)14-13-9/h5,8H,2-4,6-7H2,1H3,(H3,12,13,14). The normalized spacial score (nSPS) is 20.5. The second-order valence-electron chi connectivity index (χ2n) is 4.42. The van der Waals surface area contributed by atoms with Crippen molar-refractivity contribution in [3.8, 4) is 0 Å². The molecule has 3 N–H and O–H groups in total. The highest BCUT2D eigenvalue weighted by Gasteiger charge is 2.25. The molecular weight excluding hydrogens is 220 g/mol. The average molecular weight is 238 g/mol. The lowest BCUT2D eigenvalue weighted by atomic mass is 9.99. The summed E-state index contributed by atoms with van der Waals surface area (Å²) in [5.74, 6) is 0.742. The maximum atomic E-state index is 12.1. The number of aromatic nitrogens is 2. The van der Waals surface area contributed by atoms with Gasteiger partial charge in [-0.15, -0.1) is 0 Å². The Balaban J connectivity index is 1.99. The number of H-pyrrole nitrogens is 1. The molecule has 6 nitrogen and oxygen atoms in total. The smallest absolute Gasteiger partial charge is 0.271 e. The van der Waals surface area contributed by atoms with Crippen LogP contribution < -0.4 is 5.73 Å². The predicted octanol–water partition coefficient (Wildman–Crippen LogP) is 0.490. The minimum Gasteiger partial charge on any atom is -0.384 e. The number of methoxy groups -OCH3 is 1. The number of ether oxygens (including phenoxy) is 1. The summed E-state index contributed by atoms with van der Waals surface area (Å²) in [4.78, 5) is 14.0. The van der Waals surface area contributed by atoms with Gasteiger partial charge in [0.25, 0.3) is 5.91 Å². The largest absolute Gasteiger partial charge is 0.384 e. The maximum Gasteiger partial charge on any atom is 0.271 e. The predicted molar refractivity (Wildman–Crippen MR) is 63.5 cm³/mol. The van der Waals surface area contributed by atoms with Crippen molar-refractivity contribution in [1.29, 1.82) is 0 Å². The first kappa shape index (κ1) is 11.9. The van der Waals surface area contributed by atoms with Gasteiger partial charge in [-0.05, 0) is 18.8 Å². The Morgan fingerprint density at radius 1 is 1.76 bits per heavy atom. The molecule has 0 saturated carbocycles. The third kappa shape index (κ3) is 2.76. The summed E-state index contributed by atoms with van der Waals surface area (Å²) >= 11 is 0. The van der Waals surface area contributed by atoms with Crippen LogP contribution in [0, 0.1) is 5.92 Å². The van der Waals surface area contributed by atoms with Crippen LogP contribution in [0.3, 0.4) is 0 Å². The number of nitrogen functional groups attached to an aromatic ring is 1. The number of rotatable bonds is 3. The van der Waals surface area contributed by atoms with E-state index in [4.69, 9.17) is 10.5 Å². The Hall–Kier alpha value is -1.56. The van der Waals surface area contributed by atoms with E-state index in [0.29, 0.717) is 24.0 Å². The van der Waals surface area contributed by atoms with E-state index in [1.165, 1.54) is 0 Å². The van der Waals surface area contributed by atoms with Gasteiger partial charge in [-0.2, -0.15) is 5.10 Å². The minimum absolute atomic E-state index is 0.0324. The number of carbonyl (C=O) groups excluding carboxylic acids is 1. The van der Waals surface area contributed by atoms with Gasteiger partial charge in [0.2, 0.25) is 0 Å². The molecule has 1 aromatic heterocycles. The average Bonchev–Trinajstić information content (AvgIpc) is 2.76. The molecule has 1 unspecified atom stereocenters. The Morgan fingerprint density at radius 2 is 2.59 bits per heavy atom. The van der Waals surface area contributed by atoms with Crippen LogP contribution in [0.5, 0.6) is 0 Å². The van der Waals surface area contributed by atoms with Gasteiger partial charge < -0.3 is 15.4 Å². The van der Waals surface area contributed by atoms with E-state index in [0.717, 1.165) is 25.9 Å². The summed E-state index contributed by atoms with van der Waals surface area (Å²) in [6.07, 6.45) is 2.13. The van der Waals surface area contributed by atoms with E-state index in [1.54, 1.807) is 13.2 Å². The number of nitrogens with one attached hydrogen (secondary N) is 1. The Bertz CT molecular complexity index is 389. The van der Waals surface area contributed by atoms with Gasteiger partial charge in [0.05, 0.1) is 6.61 Å². The van der Waals surface area contributed by atoms with Crippen molar-refractivity contribution in [2.24, 2.45) is 5.92 Å². The fourth-order valence-corrected chi connectivity index (χ4v) is 2.24. The highest BCUT2D eigenvalue weighted by molar-refractivity contribution is 5.93. The van der Waals surface area contributed by atoms with Crippen molar-refractivity contribution in [3.05, 3.63) is 11.8 Å². The van der Waals surface area contributed by atoms with Gasteiger partial charge >= 0.3 is 0 Å². The van der Waals surface area contributed by atoms with Crippen LogP contribution in [0.1, 0.15) is 23.3 Å². The molecule has 1 amide bonds. The van der Waals surface area contributed by atoms with E-state index < -0.39 is 0 Å². The second-order valence-corrected chi connectivity index (χ2v) is 4.42. The van der Waals surface area contributed by atoms with Crippen LogP contribution in [0.25, 0.3) is 0 Å². The number of amides is 1. The molecule has 94 valence electrons. The Kier molecular flexibility index (Phi) is 3.63. The third-order valence-electron chi connectivity index (χ3n) is 3.04. The fourth-order valence-electron chi connectivity index (χ4n) is 2.24. The molecule has 6 heteroatoms. The summed E-state index contributed by atoms with van der Waals surface area (Å²) in [5.41, 5.74) is 5.95. The molecule has 1 atom stereocenters. The first-order valence-electron chi connectivity index (χ1n) is 5.80. The van der Waals surface area contributed by atoms with Gasteiger partial charge in [0.1, 0.15) is 11.5 Å². The van der Waals surface area contributed by atoms with Gasteiger partial charge in [0.15, 0.2) is 0 Å². The maximum absolute atomic E-state index is 12.1. The molecule has 17 heavy (non-hydrogen) atoms. The van der Waals surface area contributed by atoms with Gasteiger partial charge in [-0.3, -0.25) is 9.89 Å². The number of nitrogens with zero attached hydrogens (tertiary/aromatic N) is 2. The van der Waals surface area contributed by atoms with Crippen molar-refractivity contribution in [2.45, 2.75) is 12.8 Å². The summed E-state index contributed by atoms with van der Waals surface area (Å²) in [5, 5.41) is 6.42. The van der Waals surface area contributed by atoms with Gasteiger partial charge in [-0.25, -0.2) is 0 Å². The lowest BCUT2D eigenvalue weighted by molar-refractivity contribution is 0.0565. The number of nitrogens with two attached hydrogens (primary N) is 1. The lowest BCUT2D eigenvalue weighted by Gasteiger charge is -2.32. The highest BCUT2D eigenvalue weighted by Crippen LogP contribution is 2.18. The number of aromatic amines is 1. The molecule has 1 aliphatic heterocycles. The highest BCUT2D eigenvalue weighted by atomic mass is 16.5. The molecule has 0 bridgehead atoms. The molecule has 0 radical (unpaired) electrons. The van der Waals surface area contributed by atoms with E-state index >= 15 is 0 Å². The SMILES string of the molecule is COCC1CCCN(C(=O)c2cc(N)n[nH]2)C1. The summed E-state index contributed by atoms with van der Waals surface area (Å²) in [6, 6.07) is 1.57. The number of anilines is 1. The van der Waals surface area contributed by atoms with Crippen LogP contribution in [-0.2, 0) is 4.74 Å². The first-order chi connectivity index (χ1) is 8.20. The fraction of sp³-hybridized carbons (Fsp3) is 0.636. The minimum atomic E-state index is -0.0324. The summed E-state index contributed by atoms with van der Waals surface area (Å²) < 4.78 is 5.14. The molecule has 1 aromatic rings. The van der Waals surface area contributed by atoms with Gasteiger partial charge in [-0.1, -0.05) is 0 Å². The first-order valence-corrected chi connectivity index (χ1v) is 5.80. The lowest BCUT2D eigenvalue weighted by Crippen LogP contribution is -2.41. The van der Waals surface area contributed by atoms with Crippen LogP contribution in [-0.4, -0.2) is 47.8 Å². The molecule has 0 aliphatic carbocycles. The van der Waals surface area contributed by atoms with E-state index in [1.807, 2.05) is 4.90 Å². The van der Waals surface area contributed by atoms with Crippen molar-refractivity contribution in [3.63, 3.8) is 0 Å². The zero-order valence-corrected chi connectivity index (χ0v) is 9.98.